The highest BCUT2D eigenvalue weighted by Gasteiger charge is 2.73. The van der Waals surface area contributed by atoms with Crippen LogP contribution in [0.3, 0.4) is 0 Å². The fourth-order valence-corrected chi connectivity index (χ4v) is 8.08. The quantitative estimate of drug-likeness (QED) is 0.532. The summed E-state index contributed by atoms with van der Waals surface area (Å²) in [5.74, 6) is 0.887. The number of carbonyl (C=O) groups is 1. The van der Waals surface area contributed by atoms with Gasteiger partial charge in [-0.1, -0.05) is 18.2 Å². The van der Waals surface area contributed by atoms with E-state index in [1.165, 1.54) is 37.1 Å². The molecule has 6 nitrogen and oxygen atoms in total. The van der Waals surface area contributed by atoms with Crippen LogP contribution in [0.15, 0.2) is 42.5 Å². The number of amides is 1. The van der Waals surface area contributed by atoms with Crippen LogP contribution in [0.25, 0.3) is 6.08 Å². The number of benzene rings is 2. The highest BCUT2D eigenvalue weighted by Crippen LogP contribution is 2.66. The number of phenolic OH excluding ortho intramolecular Hbond substituents is 1. The minimum absolute atomic E-state index is 0.0440. The van der Waals surface area contributed by atoms with Crippen molar-refractivity contribution in [3.8, 4) is 11.5 Å². The van der Waals surface area contributed by atoms with E-state index in [1.54, 1.807) is 18.0 Å². The monoisotopic (exact) mass is 554 g/mol. The molecular formula is C31H33F3N2O4. The second-order valence-electron chi connectivity index (χ2n) is 12.3. The SMILES string of the molecule is CN(C(=O)C=Cc1ccc(C(F)(F)F)cc1)C1CCC2(O)[C@H]3Cc4ccc(O)c5c4[C@@]2(CCN3CC2CC2)C1O5. The molecule has 2 bridgehead atoms. The van der Waals surface area contributed by atoms with Crippen molar-refractivity contribution in [2.75, 3.05) is 20.1 Å². The van der Waals surface area contributed by atoms with Crippen LogP contribution < -0.4 is 4.74 Å². The fraction of sp³-hybridized carbons (Fsp3) is 0.516. The lowest BCUT2D eigenvalue weighted by Gasteiger charge is -2.64. The van der Waals surface area contributed by atoms with Crippen LogP contribution in [0.5, 0.6) is 11.5 Å². The number of hydrogen-bond acceptors (Lipinski definition) is 5. The van der Waals surface area contributed by atoms with Gasteiger partial charge in [-0.3, -0.25) is 9.69 Å². The van der Waals surface area contributed by atoms with E-state index in [-0.39, 0.29) is 23.7 Å². The predicted octanol–water partition coefficient (Wildman–Crippen LogP) is 4.52. The van der Waals surface area contributed by atoms with E-state index in [4.69, 9.17) is 4.74 Å². The first-order chi connectivity index (χ1) is 19.0. The van der Waals surface area contributed by atoms with Crippen LogP contribution in [0.4, 0.5) is 13.2 Å². The van der Waals surface area contributed by atoms with Gasteiger partial charge in [0.1, 0.15) is 6.10 Å². The number of carbonyl (C=O) groups excluding carboxylic acids is 1. The molecule has 1 spiro atoms. The largest absolute Gasteiger partial charge is 0.504 e. The Morgan fingerprint density at radius 1 is 1.15 bits per heavy atom. The van der Waals surface area contributed by atoms with Gasteiger partial charge in [-0.15, -0.1) is 0 Å². The second-order valence-corrected chi connectivity index (χ2v) is 12.3. The van der Waals surface area contributed by atoms with E-state index in [0.717, 1.165) is 36.3 Å². The van der Waals surface area contributed by atoms with Gasteiger partial charge >= 0.3 is 6.18 Å². The van der Waals surface area contributed by atoms with Crippen LogP contribution >= 0.6 is 0 Å². The number of piperidine rings is 1. The Labute approximate surface area is 231 Å². The van der Waals surface area contributed by atoms with E-state index in [0.29, 0.717) is 42.9 Å². The average molecular weight is 555 g/mol. The number of alkyl halides is 3. The second kappa shape index (κ2) is 8.73. The van der Waals surface area contributed by atoms with Crippen molar-refractivity contribution in [2.45, 2.75) is 73.9 Å². The number of ether oxygens (including phenoxy) is 1. The molecule has 2 N–H and O–H groups in total. The summed E-state index contributed by atoms with van der Waals surface area (Å²) >= 11 is 0. The Bertz CT molecular complexity index is 1390. The first-order valence-corrected chi connectivity index (χ1v) is 14.1. The van der Waals surface area contributed by atoms with Crippen molar-refractivity contribution >= 4 is 12.0 Å². The Morgan fingerprint density at radius 2 is 1.90 bits per heavy atom. The van der Waals surface area contributed by atoms with E-state index in [2.05, 4.69) is 4.90 Å². The Hall–Kier alpha value is -3.04. The lowest BCUT2D eigenvalue weighted by molar-refractivity contribution is -0.200. The summed E-state index contributed by atoms with van der Waals surface area (Å²) < 4.78 is 45.2. The summed E-state index contributed by atoms with van der Waals surface area (Å²) in [5, 5.41) is 23.4. The minimum Gasteiger partial charge on any atom is -0.504 e. The zero-order valence-electron chi connectivity index (χ0n) is 22.3. The fourth-order valence-electron chi connectivity index (χ4n) is 8.08. The zero-order chi connectivity index (χ0) is 28.0. The van der Waals surface area contributed by atoms with Crippen LogP contribution in [-0.4, -0.2) is 69.8 Å². The highest BCUT2D eigenvalue weighted by molar-refractivity contribution is 5.92. The van der Waals surface area contributed by atoms with Gasteiger partial charge in [0.25, 0.3) is 0 Å². The number of halogens is 3. The van der Waals surface area contributed by atoms with Crippen molar-refractivity contribution in [2.24, 2.45) is 5.92 Å². The summed E-state index contributed by atoms with van der Waals surface area (Å²) in [6.45, 7) is 1.82. The predicted molar refractivity (Wildman–Crippen MR) is 142 cm³/mol. The number of rotatable bonds is 5. The highest BCUT2D eigenvalue weighted by atomic mass is 19.4. The number of aromatic hydroxyl groups is 1. The van der Waals surface area contributed by atoms with Crippen LogP contribution in [0.2, 0.25) is 0 Å². The molecule has 2 heterocycles. The molecule has 1 amide bonds. The van der Waals surface area contributed by atoms with Crippen LogP contribution in [-0.2, 0) is 22.8 Å². The molecule has 3 fully saturated rings. The lowest BCUT2D eigenvalue weighted by atomic mass is 9.48. The van der Waals surface area contributed by atoms with Gasteiger partial charge in [-0.25, -0.2) is 0 Å². The van der Waals surface area contributed by atoms with Crippen LogP contribution in [0.1, 0.15) is 54.4 Å². The number of likely N-dealkylation sites (N-methyl/N-ethyl adjacent to an activating group) is 1. The van der Waals surface area contributed by atoms with Gasteiger partial charge in [0.15, 0.2) is 11.5 Å². The Balaban J connectivity index is 1.19. The molecule has 1 saturated heterocycles. The molecule has 40 heavy (non-hydrogen) atoms. The lowest BCUT2D eigenvalue weighted by Crippen LogP contribution is -2.78. The average Bonchev–Trinajstić information content (AvgIpc) is 3.67. The van der Waals surface area contributed by atoms with E-state index >= 15 is 0 Å². The summed E-state index contributed by atoms with van der Waals surface area (Å²) in [5.41, 5.74) is -0.00276. The third-order valence-electron chi connectivity index (χ3n) is 10.2. The summed E-state index contributed by atoms with van der Waals surface area (Å²) in [6.07, 6.45) is 2.86. The number of nitrogens with zero attached hydrogens (tertiary/aromatic N) is 2. The number of hydrogen-bond donors (Lipinski definition) is 2. The first-order valence-electron chi connectivity index (χ1n) is 14.1. The Kier molecular flexibility index (Phi) is 5.65. The third-order valence-corrected chi connectivity index (χ3v) is 10.2. The standard InChI is InChI=1S/C31H33F3N2O4/c1-35(25(38)11-6-18-4-8-21(9-5-18)31(32,33)34)22-12-13-30(39)24-16-20-7-10-23(37)27-26(20)29(30,28(22)40-27)14-15-36(24)17-19-2-3-19/h4-11,19,22,24,28,37,39H,2-3,12-17H2,1H3/t22?,24-,28?,29+,30?/m1/s1. The molecule has 2 aliphatic heterocycles. The maximum absolute atomic E-state index is 13.3. The molecule has 9 heteroatoms. The molecule has 3 aliphatic carbocycles. The number of likely N-dealkylation sites (tertiary alicyclic amines) is 1. The van der Waals surface area contributed by atoms with Gasteiger partial charge in [0, 0.05) is 31.3 Å². The van der Waals surface area contributed by atoms with E-state index < -0.39 is 28.9 Å². The third kappa shape index (κ3) is 3.66. The molecule has 5 atom stereocenters. The first kappa shape index (κ1) is 25.9. The topological polar surface area (TPSA) is 73.2 Å². The molecule has 5 aliphatic rings. The zero-order valence-corrected chi connectivity index (χ0v) is 22.3. The smallest absolute Gasteiger partial charge is 0.416 e. The molecule has 2 aromatic rings. The molecule has 2 aromatic carbocycles. The summed E-state index contributed by atoms with van der Waals surface area (Å²) in [7, 11) is 1.71. The maximum atomic E-state index is 13.3. The van der Waals surface area contributed by atoms with Gasteiger partial charge in [-0.05, 0) is 86.4 Å². The normalized spacial score (nSPS) is 32.6. The van der Waals surface area contributed by atoms with Gasteiger partial charge in [0.2, 0.25) is 5.91 Å². The van der Waals surface area contributed by atoms with Crippen molar-refractivity contribution < 1.29 is 32.9 Å². The maximum Gasteiger partial charge on any atom is 0.416 e. The molecule has 0 radical (unpaired) electrons. The van der Waals surface area contributed by atoms with Gasteiger partial charge < -0.3 is 19.8 Å². The van der Waals surface area contributed by atoms with E-state index in [1.807, 2.05) is 6.07 Å². The van der Waals surface area contributed by atoms with Crippen LogP contribution in [0, 0.1) is 5.92 Å². The molecule has 3 unspecified atom stereocenters. The minimum atomic E-state index is -4.42. The number of aliphatic hydroxyl groups is 1. The van der Waals surface area contributed by atoms with Crippen molar-refractivity contribution in [3.63, 3.8) is 0 Å². The van der Waals surface area contributed by atoms with Gasteiger partial charge in [-0.2, -0.15) is 13.2 Å². The summed E-state index contributed by atoms with van der Waals surface area (Å²) in [4.78, 5) is 17.4. The Morgan fingerprint density at radius 3 is 2.60 bits per heavy atom. The molecule has 7 rings (SSSR count). The van der Waals surface area contributed by atoms with E-state index in [9.17, 15) is 28.2 Å². The molecule has 212 valence electrons. The van der Waals surface area contributed by atoms with Crippen molar-refractivity contribution in [1.29, 1.82) is 0 Å². The van der Waals surface area contributed by atoms with Crippen molar-refractivity contribution in [1.82, 2.24) is 9.80 Å². The van der Waals surface area contributed by atoms with Crippen molar-refractivity contribution in [3.05, 3.63) is 64.7 Å². The molecule has 2 saturated carbocycles. The molecular weight excluding hydrogens is 521 g/mol. The molecule has 0 aromatic heterocycles. The summed E-state index contributed by atoms with van der Waals surface area (Å²) in [6, 6.07) is 7.91. The van der Waals surface area contributed by atoms with Gasteiger partial charge in [0.05, 0.1) is 22.6 Å². The number of phenols is 1.